The van der Waals surface area contributed by atoms with Gasteiger partial charge in [-0.25, -0.2) is 9.59 Å². The number of carboxylic acids is 1. The van der Waals surface area contributed by atoms with Gasteiger partial charge >= 0.3 is 12.0 Å². The molecule has 1 heterocycles. The van der Waals surface area contributed by atoms with E-state index >= 15 is 0 Å². The lowest BCUT2D eigenvalue weighted by atomic mass is 10.3. The summed E-state index contributed by atoms with van der Waals surface area (Å²) in [5.41, 5.74) is 0. The van der Waals surface area contributed by atoms with Crippen molar-refractivity contribution in [3.8, 4) is 0 Å². The normalized spacial score (nSPS) is 19.9. The van der Waals surface area contributed by atoms with Crippen LogP contribution in [-0.4, -0.2) is 79.9 Å². The number of nitrogens with zero attached hydrogens (tertiary/aromatic N) is 2. The molecule has 1 aliphatic heterocycles. The van der Waals surface area contributed by atoms with Crippen molar-refractivity contribution in [3.63, 3.8) is 0 Å². The topological polar surface area (TPSA) is 82.1 Å². The van der Waals surface area contributed by atoms with Crippen LogP contribution in [0.3, 0.4) is 0 Å². The van der Waals surface area contributed by atoms with Crippen LogP contribution in [0.2, 0.25) is 0 Å². The molecule has 1 atom stereocenters. The third-order valence-corrected chi connectivity index (χ3v) is 2.69. The van der Waals surface area contributed by atoms with Gasteiger partial charge in [0.15, 0.2) is 6.10 Å². The Morgan fingerprint density at radius 1 is 1.50 bits per heavy atom. The average molecular weight is 259 g/mol. The maximum atomic E-state index is 11.8. The summed E-state index contributed by atoms with van der Waals surface area (Å²) >= 11 is 0. The monoisotopic (exact) mass is 259 g/mol. The fourth-order valence-corrected chi connectivity index (χ4v) is 1.69. The van der Waals surface area contributed by atoms with Crippen LogP contribution >= 0.6 is 0 Å². The summed E-state index contributed by atoms with van der Waals surface area (Å²) in [6.45, 7) is 2.30. The molecular weight excluding hydrogens is 238 g/mol. The minimum absolute atomic E-state index is 0.106. The van der Waals surface area contributed by atoms with Crippen molar-refractivity contribution in [3.05, 3.63) is 0 Å². The van der Waals surface area contributed by atoms with Crippen LogP contribution in [-0.2, 0) is 9.53 Å². The molecule has 2 N–H and O–H groups in total. The number of amides is 2. The number of hydrogen-bond donors (Lipinski definition) is 2. The Balaban J connectivity index is 2.26. The number of carbonyl (C=O) groups excluding carboxylic acids is 1. The zero-order valence-corrected chi connectivity index (χ0v) is 10.9. The van der Waals surface area contributed by atoms with Crippen molar-refractivity contribution >= 4 is 12.0 Å². The molecule has 0 aromatic heterocycles. The molecule has 1 aliphatic rings. The third-order valence-electron chi connectivity index (χ3n) is 2.69. The number of hydrogen-bond acceptors (Lipinski definition) is 4. The van der Waals surface area contributed by atoms with E-state index in [4.69, 9.17) is 9.84 Å². The van der Waals surface area contributed by atoms with Crippen molar-refractivity contribution in [2.75, 3.05) is 46.9 Å². The Kier molecular flexibility index (Phi) is 5.87. The van der Waals surface area contributed by atoms with E-state index in [1.165, 1.54) is 4.90 Å². The number of rotatable bonds is 5. The summed E-state index contributed by atoms with van der Waals surface area (Å²) in [4.78, 5) is 26.1. The summed E-state index contributed by atoms with van der Waals surface area (Å²) in [5.74, 6) is -1.03. The Hall–Kier alpha value is -1.34. The van der Waals surface area contributed by atoms with Crippen molar-refractivity contribution in [2.45, 2.75) is 12.5 Å². The lowest BCUT2D eigenvalue weighted by molar-refractivity contribution is -0.154. The Labute approximate surface area is 107 Å². The first-order valence-electron chi connectivity index (χ1n) is 6.02. The van der Waals surface area contributed by atoms with E-state index in [1.807, 2.05) is 19.0 Å². The van der Waals surface area contributed by atoms with Crippen molar-refractivity contribution < 1.29 is 19.4 Å². The molecule has 18 heavy (non-hydrogen) atoms. The predicted molar refractivity (Wildman–Crippen MR) is 65.5 cm³/mol. The molecule has 0 saturated carbocycles. The lowest BCUT2D eigenvalue weighted by Gasteiger charge is -2.30. The number of nitrogens with one attached hydrogen (secondary N) is 1. The maximum absolute atomic E-state index is 11.8. The Bertz CT molecular complexity index is 296. The first-order chi connectivity index (χ1) is 8.50. The van der Waals surface area contributed by atoms with Gasteiger partial charge in [0.25, 0.3) is 0 Å². The standard InChI is InChI=1S/C11H21N3O4/c1-13(2)5-3-4-12-11(17)14-6-7-18-9(8-14)10(15)16/h9H,3-8H2,1-2H3,(H,12,17)(H,15,16). The van der Waals surface area contributed by atoms with E-state index in [-0.39, 0.29) is 19.2 Å². The SMILES string of the molecule is CN(C)CCCNC(=O)N1CCOC(C(=O)O)C1. The van der Waals surface area contributed by atoms with Crippen molar-refractivity contribution in [1.82, 2.24) is 15.1 Å². The molecule has 2 amide bonds. The quantitative estimate of drug-likeness (QED) is 0.646. The minimum atomic E-state index is -1.03. The van der Waals surface area contributed by atoms with Gasteiger partial charge in [-0.2, -0.15) is 0 Å². The van der Waals surface area contributed by atoms with E-state index in [1.54, 1.807) is 0 Å². The van der Waals surface area contributed by atoms with Crippen molar-refractivity contribution in [1.29, 1.82) is 0 Å². The van der Waals surface area contributed by atoms with Gasteiger partial charge in [0.1, 0.15) is 0 Å². The maximum Gasteiger partial charge on any atom is 0.334 e. The highest BCUT2D eigenvalue weighted by atomic mass is 16.5. The molecule has 7 heteroatoms. The summed E-state index contributed by atoms with van der Waals surface area (Å²) in [6, 6.07) is -0.219. The van der Waals surface area contributed by atoms with Gasteiger partial charge in [0, 0.05) is 13.1 Å². The van der Waals surface area contributed by atoms with E-state index < -0.39 is 12.1 Å². The highest BCUT2D eigenvalue weighted by Gasteiger charge is 2.28. The second kappa shape index (κ2) is 7.17. The summed E-state index contributed by atoms with van der Waals surface area (Å²) < 4.78 is 5.05. The van der Waals surface area contributed by atoms with Crippen LogP contribution in [0.15, 0.2) is 0 Å². The first kappa shape index (κ1) is 14.7. The Morgan fingerprint density at radius 3 is 2.83 bits per heavy atom. The molecule has 7 nitrogen and oxygen atoms in total. The summed E-state index contributed by atoms with van der Waals surface area (Å²) in [7, 11) is 3.95. The van der Waals surface area contributed by atoms with Crippen LogP contribution in [0.4, 0.5) is 4.79 Å². The van der Waals surface area contributed by atoms with Gasteiger partial charge in [-0.1, -0.05) is 0 Å². The highest BCUT2D eigenvalue weighted by molar-refractivity contribution is 5.77. The third kappa shape index (κ3) is 4.89. The minimum Gasteiger partial charge on any atom is -0.479 e. The molecule has 0 aliphatic carbocycles. The molecule has 0 aromatic rings. The second-order valence-electron chi connectivity index (χ2n) is 4.53. The number of urea groups is 1. The largest absolute Gasteiger partial charge is 0.479 e. The number of carbonyl (C=O) groups is 2. The fraction of sp³-hybridized carbons (Fsp3) is 0.818. The van der Waals surface area contributed by atoms with Crippen LogP contribution in [0.5, 0.6) is 0 Å². The summed E-state index contributed by atoms with van der Waals surface area (Å²) in [6.07, 6.45) is -0.0443. The highest BCUT2D eigenvalue weighted by Crippen LogP contribution is 2.05. The van der Waals surface area contributed by atoms with Crippen LogP contribution in [0.1, 0.15) is 6.42 Å². The molecule has 104 valence electrons. The molecule has 0 radical (unpaired) electrons. The van der Waals surface area contributed by atoms with Crippen molar-refractivity contribution in [2.24, 2.45) is 0 Å². The van der Waals surface area contributed by atoms with E-state index in [2.05, 4.69) is 5.32 Å². The zero-order valence-electron chi connectivity index (χ0n) is 10.9. The van der Waals surface area contributed by atoms with Crippen LogP contribution < -0.4 is 5.32 Å². The van der Waals surface area contributed by atoms with E-state index in [0.717, 1.165) is 13.0 Å². The van der Waals surface area contributed by atoms with Gasteiger partial charge in [-0.3, -0.25) is 0 Å². The first-order valence-corrected chi connectivity index (χ1v) is 6.02. The molecule has 1 saturated heterocycles. The van der Waals surface area contributed by atoms with Gasteiger partial charge in [-0.05, 0) is 27.1 Å². The van der Waals surface area contributed by atoms with Gasteiger partial charge < -0.3 is 25.0 Å². The Morgan fingerprint density at radius 2 is 2.22 bits per heavy atom. The average Bonchev–Trinajstić information content (AvgIpc) is 2.34. The van der Waals surface area contributed by atoms with Gasteiger partial charge in [-0.15, -0.1) is 0 Å². The van der Waals surface area contributed by atoms with E-state index in [0.29, 0.717) is 13.1 Å². The lowest BCUT2D eigenvalue weighted by Crippen LogP contribution is -2.52. The van der Waals surface area contributed by atoms with Crippen LogP contribution in [0, 0.1) is 0 Å². The number of carboxylic acid groups (broad SMARTS) is 1. The smallest absolute Gasteiger partial charge is 0.334 e. The van der Waals surface area contributed by atoms with Gasteiger partial charge in [0.2, 0.25) is 0 Å². The van der Waals surface area contributed by atoms with Gasteiger partial charge in [0.05, 0.1) is 13.2 Å². The molecule has 1 fully saturated rings. The zero-order chi connectivity index (χ0) is 13.5. The summed E-state index contributed by atoms with van der Waals surface area (Å²) in [5, 5.41) is 11.6. The molecule has 0 spiro atoms. The molecule has 0 bridgehead atoms. The van der Waals surface area contributed by atoms with Crippen LogP contribution in [0.25, 0.3) is 0 Å². The molecule has 0 aromatic carbocycles. The van der Waals surface area contributed by atoms with E-state index in [9.17, 15) is 9.59 Å². The number of morpholine rings is 1. The predicted octanol–water partition coefficient (Wildman–Crippen LogP) is -0.567. The molecular formula is C11H21N3O4. The molecule has 1 rings (SSSR count). The fourth-order valence-electron chi connectivity index (χ4n) is 1.69. The number of aliphatic carboxylic acids is 1. The number of ether oxygens (including phenoxy) is 1. The molecule has 1 unspecified atom stereocenters. The second-order valence-corrected chi connectivity index (χ2v) is 4.53.